The Morgan fingerprint density at radius 1 is 1.43 bits per heavy atom. The fraction of sp³-hybridized carbons (Fsp3) is 0.125. The largest absolute Gasteiger partial charge is 0.459 e. The average molecular weight is 298 g/mol. The third-order valence-corrected chi connectivity index (χ3v) is 4.19. The monoisotopic (exact) mass is 298 g/mol. The summed E-state index contributed by atoms with van der Waals surface area (Å²) in [5.74, 6) is -0.128. The molecule has 0 aliphatic rings. The smallest absolute Gasteiger partial charge is 0.315 e. The second-order valence-corrected chi connectivity index (χ2v) is 5.61. The van der Waals surface area contributed by atoms with Gasteiger partial charge in [0, 0.05) is 6.54 Å². The highest BCUT2D eigenvalue weighted by Crippen LogP contribution is 2.21. The molecule has 0 bridgehead atoms. The molecule has 106 valence electrons. The van der Waals surface area contributed by atoms with Crippen LogP contribution in [0.5, 0.6) is 0 Å². The van der Waals surface area contributed by atoms with Crippen molar-refractivity contribution in [1.29, 1.82) is 0 Å². The predicted octanol–water partition coefficient (Wildman–Crippen LogP) is 3.53. The summed E-state index contributed by atoms with van der Waals surface area (Å²) in [5.41, 5.74) is 2.24. The molecule has 1 amide bonds. The van der Waals surface area contributed by atoms with Crippen molar-refractivity contribution in [1.82, 2.24) is 4.57 Å². The molecule has 5 heteroatoms. The first-order valence-electron chi connectivity index (χ1n) is 6.53. The Labute approximate surface area is 125 Å². The molecule has 0 aliphatic heterocycles. The van der Waals surface area contributed by atoms with E-state index in [4.69, 9.17) is 4.42 Å². The standard InChI is InChI=1S/C16H14N2O2S/c1-3-9-18-14-11(2)6-4-8-13(14)21-16(18)17-15(19)12-7-5-10-20-12/h3-8,10H,1,9H2,2H3. The van der Waals surface area contributed by atoms with Gasteiger partial charge in [0.1, 0.15) is 0 Å². The van der Waals surface area contributed by atoms with Gasteiger partial charge in [-0.15, -0.1) is 6.58 Å². The summed E-state index contributed by atoms with van der Waals surface area (Å²) in [6, 6.07) is 9.37. The maximum Gasteiger partial charge on any atom is 0.315 e. The van der Waals surface area contributed by atoms with Gasteiger partial charge in [-0.3, -0.25) is 4.79 Å². The number of amides is 1. The molecule has 2 aromatic heterocycles. The van der Waals surface area contributed by atoms with Gasteiger partial charge in [0.15, 0.2) is 10.6 Å². The van der Waals surface area contributed by atoms with Gasteiger partial charge in [0.25, 0.3) is 0 Å². The number of fused-ring (bicyclic) bond motifs is 1. The Morgan fingerprint density at radius 2 is 2.29 bits per heavy atom. The van der Waals surface area contributed by atoms with E-state index in [1.807, 2.05) is 29.7 Å². The summed E-state index contributed by atoms with van der Waals surface area (Å²) < 4.78 is 8.20. The van der Waals surface area contributed by atoms with Gasteiger partial charge in [0.2, 0.25) is 0 Å². The predicted molar refractivity (Wildman–Crippen MR) is 83.4 cm³/mol. The van der Waals surface area contributed by atoms with Crippen LogP contribution in [0, 0.1) is 6.92 Å². The third-order valence-electron chi connectivity index (χ3n) is 3.14. The quantitative estimate of drug-likeness (QED) is 0.694. The molecular weight excluding hydrogens is 284 g/mol. The lowest BCUT2D eigenvalue weighted by Gasteiger charge is -2.03. The number of hydrogen-bond donors (Lipinski definition) is 0. The van der Waals surface area contributed by atoms with Gasteiger partial charge >= 0.3 is 5.91 Å². The third kappa shape index (κ3) is 2.48. The Balaban J connectivity index is 2.22. The summed E-state index contributed by atoms with van der Waals surface area (Å²) in [7, 11) is 0. The molecule has 3 aromatic rings. The van der Waals surface area contributed by atoms with Crippen molar-refractivity contribution >= 4 is 27.5 Å². The van der Waals surface area contributed by atoms with E-state index in [1.54, 1.807) is 18.2 Å². The molecule has 0 radical (unpaired) electrons. The lowest BCUT2D eigenvalue weighted by Crippen LogP contribution is -2.16. The Morgan fingerprint density at radius 3 is 3.00 bits per heavy atom. The van der Waals surface area contributed by atoms with E-state index in [9.17, 15) is 4.79 Å². The summed E-state index contributed by atoms with van der Waals surface area (Å²) in [5, 5.41) is 0. The highest BCUT2D eigenvalue weighted by molar-refractivity contribution is 7.16. The van der Waals surface area contributed by atoms with Crippen LogP contribution in [0.25, 0.3) is 10.2 Å². The number of aromatic nitrogens is 1. The van der Waals surface area contributed by atoms with E-state index in [0.29, 0.717) is 11.3 Å². The minimum atomic E-state index is -0.373. The highest BCUT2D eigenvalue weighted by atomic mass is 32.1. The number of hydrogen-bond acceptors (Lipinski definition) is 3. The fourth-order valence-electron chi connectivity index (χ4n) is 2.23. The van der Waals surface area contributed by atoms with Crippen LogP contribution >= 0.6 is 11.3 Å². The number of nitrogens with zero attached hydrogens (tertiary/aromatic N) is 2. The number of allylic oxidation sites excluding steroid dienone is 1. The van der Waals surface area contributed by atoms with E-state index >= 15 is 0 Å². The topological polar surface area (TPSA) is 47.5 Å². The van der Waals surface area contributed by atoms with Gasteiger partial charge in [-0.1, -0.05) is 29.5 Å². The number of carbonyl (C=O) groups excluding carboxylic acids is 1. The van der Waals surface area contributed by atoms with Gasteiger partial charge in [-0.05, 0) is 30.7 Å². The van der Waals surface area contributed by atoms with Gasteiger partial charge in [0.05, 0.1) is 16.5 Å². The summed E-state index contributed by atoms with van der Waals surface area (Å²) in [6.45, 7) is 6.44. The Hall–Kier alpha value is -2.40. The molecule has 0 atom stereocenters. The zero-order chi connectivity index (χ0) is 14.8. The van der Waals surface area contributed by atoms with E-state index in [-0.39, 0.29) is 11.7 Å². The van der Waals surface area contributed by atoms with Crippen LogP contribution in [0.15, 0.2) is 58.7 Å². The lowest BCUT2D eigenvalue weighted by atomic mass is 10.2. The molecule has 3 rings (SSSR count). The molecule has 0 aliphatic carbocycles. The average Bonchev–Trinajstić information content (AvgIpc) is 3.09. The van der Waals surface area contributed by atoms with Crippen LogP contribution in [0.1, 0.15) is 16.1 Å². The Kier molecular flexibility index (Phi) is 3.58. The van der Waals surface area contributed by atoms with Crippen LogP contribution in [-0.4, -0.2) is 10.5 Å². The maximum atomic E-state index is 12.1. The molecule has 0 fully saturated rings. The maximum absolute atomic E-state index is 12.1. The molecule has 0 unspecified atom stereocenters. The van der Waals surface area contributed by atoms with E-state index in [2.05, 4.69) is 11.6 Å². The summed E-state index contributed by atoms with van der Waals surface area (Å²) in [6.07, 6.45) is 3.27. The number of furan rings is 1. The fourth-order valence-corrected chi connectivity index (χ4v) is 3.35. The molecule has 4 nitrogen and oxygen atoms in total. The van der Waals surface area contributed by atoms with Crippen LogP contribution in [0.2, 0.25) is 0 Å². The van der Waals surface area contributed by atoms with Crippen LogP contribution < -0.4 is 4.80 Å². The van der Waals surface area contributed by atoms with Crippen molar-refractivity contribution in [3.63, 3.8) is 0 Å². The SMILES string of the molecule is C=CCn1c(=NC(=O)c2ccco2)sc2cccc(C)c21. The van der Waals surface area contributed by atoms with E-state index in [1.165, 1.54) is 17.6 Å². The van der Waals surface area contributed by atoms with Crippen LogP contribution in [-0.2, 0) is 6.54 Å². The molecular formula is C16H14N2O2S. The highest BCUT2D eigenvalue weighted by Gasteiger charge is 2.11. The van der Waals surface area contributed by atoms with Crippen molar-refractivity contribution in [2.75, 3.05) is 0 Å². The first-order chi connectivity index (χ1) is 10.2. The van der Waals surface area contributed by atoms with Crippen LogP contribution in [0.3, 0.4) is 0 Å². The number of carbonyl (C=O) groups is 1. The minimum Gasteiger partial charge on any atom is -0.459 e. The second kappa shape index (κ2) is 5.54. The van der Waals surface area contributed by atoms with Crippen molar-refractivity contribution in [3.8, 4) is 0 Å². The zero-order valence-electron chi connectivity index (χ0n) is 11.6. The molecule has 0 N–H and O–H groups in total. The van der Waals surface area contributed by atoms with E-state index < -0.39 is 0 Å². The molecule has 21 heavy (non-hydrogen) atoms. The van der Waals surface area contributed by atoms with Gasteiger partial charge in [-0.25, -0.2) is 0 Å². The zero-order valence-corrected chi connectivity index (χ0v) is 12.4. The first-order valence-corrected chi connectivity index (χ1v) is 7.35. The molecule has 0 saturated carbocycles. The Bertz CT molecular complexity index is 869. The lowest BCUT2D eigenvalue weighted by molar-refractivity contribution is 0.0971. The summed E-state index contributed by atoms with van der Waals surface area (Å²) in [4.78, 5) is 17.0. The second-order valence-electron chi connectivity index (χ2n) is 4.60. The van der Waals surface area contributed by atoms with Crippen LogP contribution in [0.4, 0.5) is 0 Å². The first kappa shape index (κ1) is 13.6. The number of rotatable bonds is 3. The minimum absolute atomic E-state index is 0.245. The van der Waals surface area contributed by atoms with E-state index in [0.717, 1.165) is 15.8 Å². The normalized spacial score (nSPS) is 12.0. The molecule has 2 heterocycles. The summed E-state index contributed by atoms with van der Waals surface area (Å²) >= 11 is 1.49. The number of thiazole rings is 1. The van der Waals surface area contributed by atoms with Crippen molar-refractivity contribution in [3.05, 3.63) is 65.4 Å². The van der Waals surface area contributed by atoms with Crippen molar-refractivity contribution < 1.29 is 9.21 Å². The molecule has 0 saturated heterocycles. The number of aryl methyl sites for hydroxylation is 1. The molecule has 0 spiro atoms. The molecule has 1 aromatic carbocycles. The number of benzene rings is 1. The van der Waals surface area contributed by atoms with Gasteiger partial charge < -0.3 is 8.98 Å². The van der Waals surface area contributed by atoms with Crippen molar-refractivity contribution in [2.45, 2.75) is 13.5 Å². The van der Waals surface area contributed by atoms with Gasteiger partial charge in [-0.2, -0.15) is 4.99 Å². The number of para-hydroxylation sites is 1. The van der Waals surface area contributed by atoms with Crippen molar-refractivity contribution in [2.24, 2.45) is 4.99 Å².